The van der Waals surface area contributed by atoms with E-state index in [9.17, 15) is 19.5 Å². The fourth-order valence-electron chi connectivity index (χ4n) is 4.21. The highest BCUT2D eigenvalue weighted by Crippen LogP contribution is 2.41. The molecule has 3 heterocycles. The third-order valence-electron chi connectivity index (χ3n) is 5.87. The number of amides is 1. The van der Waals surface area contributed by atoms with Gasteiger partial charge in [-0.3, -0.25) is 19.5 Å². The SMILES string of the molecule is CCCOC(=O)c1cccc(N2C(=O)C(O)=C(C(=O)c3cc4ccccc4o3)C2c2ccccn2)c1. The van der Waals surface area contributed by atoms with E-state index in [2.05, 4.69) is 4.98 Å². The number of ether oxygens (including phenoxy) is 1. The Balaban J connectivity index is 1.59. The fraction of sp³-hybridized carbons (Fsp3) is 0.143. The lowest BCUT2D eigenvalue weighted by molar-refractivity contribution is -0.117. The molecule has 1 aliphatic rings. The zero-order valence-corrected chi connectivity index (χ0v) is 19.4. The van der Waals surface area contributed by atoms with Crippen LogP contribution in [0.15, 0.2) is 94.7 Å². The summed E-state index contributed by atoms with van der Waals surface area (Å²) < 4.78 is 11.0. The maximum Gasteiger partial charge on any atom is 0.338 e. The Bertz CT molecular complexity index is 1470. The molecule has 0 saturated carbocycles. The Labute approximate surface area is 206 Å². The van der Waals surface area contributed by atoms with Gasteiger partial charge in [-0.1, -0.05) is 37.3 Å². The number of aliphatic hydroxyl groups excluding tert-OH is 1. The molecule has 180 valence electrons. The fourth-order valence-corrected chi connectivity index (χ4v) is 4.21. The number of carbonyl (C=O) groups is 3. The minimum absolute atomic E-state index is 0.00905. The summed E-state index contributed by atoms with van der Waals surface area (Å²) in [6, 6.07) is 19.1. The van der Waals surface area contributed by atoms with Crippen molar-refractivity contribution in [3.63, 3.8) is 0 Å². The van der Waals surface area contributed by atoms with Crippen LogP contribution in [0.25, 0.3) is 11.0 Å². The Hall–Kier alpha value is -4.72. The highest BCUT2D eigenvalue weighted by molar-refractivity contribution is 6.20. The van der Waals surface area contributed by atoms with Gasteiger partial charge in [-0.15, -0.1) is 0 Å². The average Bonchev–Trinajstić information content (AvgIpc) is 3.46. The van der Waals surface area contributed by atoms with Crippen molar-refractivity contribution in [2.75, 3.05) is 11.5 Å². The first-order valence-electron chi connectivity index (χ1n) is 11.5. The van der Waals surface area contributed by atoms with Crippen molar-refractivity contribution in [3.05, 3.63) is 107 Å². The molecule has 4 aromatic rings. The third kappa shape index (κ3) is 4.02. The normalized spacial score (nSPS) is 15.5. The smallest absolute Gasteiger partial charge is 0.338 e. The van der Waals surface area contributed by atoms with Gasteiger partial charge in [0.2, 0.25) is 5.78 Å². The number of carbonyl (C=O) groups excluding carboxylic acids is 3. The molecule has 1 aliphatic heterocycles. The molecule has 8 nitrogen and oxygen atoms in total. The molecule has 1 atom stereocenters. The van der Waals surface area contributed by atoms with Crippen molar-refractivity contribution in [2.24, 2.45) is 0 Å². The van der Waals surface area contributed by atoms with Crippen LogP contribution >= 0.6 is 0 Å². The van der Waals surface area contributed by atoms with E-state index in [1.807, 2.05) is 13.0 Å². The number of aliphatic hydroxyl groups is 1. The summed E-state index contributed by atoms with van der Waals surface area (Å²) in [5.41, 5.74) is 1.27. The van der Waals surface area contributed by atoms with Gasteiger partial charge in [-0.05, 0) is 48.9 Å². The lowest BCUT2D eigenvalue weighted by Gasteiger charge is -2.26. The third-order valence-corrected chi connectivity index (χ3v) is 5.87. The number of para-hydroxylation sites is 1. The van der Waals surface area contributed by atoms with Gasteiger partial charge in [0.05, 0.1) is 23.4 Å². The molecule has 0 radical (unpaired) electrons. The molecule has 8 heteroatoms. The minimum Gasteiger partial charge on any atom is -0.503 e. The maximum atomic E-state index is 13.6. The Kier molecular flexibility index (Phi) is 6.08. The van der Waals surface area contributed by atoms with Crippen LogP contribution in [0.1, 0.15) is 46.0 Å². The van der Waals surface area contributed by atoms with Crippen LogP contribution in [0.2, 0.25) is 0 Å². The first-order chi connectivity index (χ1) is 17.5. The van der Waals surface area contributed by atoms with Crippen LogP contribution in [-0.4, -0.2) is 34.4 Å². The van der Waals surface area contributed by atoms with Gasteiger partial charge in [-0.25, -0.2) is 4.79 Å². The second-order valence-electron chi connectivity index (χ2n) is 8.26. The predicted molar refractivity (Wildman–Crippen MR) is 132 cm³/mol. The van der Waals surface area contributed by atoms with Crippen molar-refractivity contribution < 1.29 is 28.6 Å². The Morgan fingerprint density at radius 3 is 2.61 bits per heavy atom. The van der Waals surface area contributed by atoms with Crippen LogP contribution < -0.4 is 4.90 Å². The van der Waals surface area contributed by atoms with E-state index in [0.717, 1.165) is 5.39 Å². The zero-order chi connectivity index (χ0) is 25.2. The molecule has 1 unspecified atom stereocenters. The standard InChI is InChI=1S/C28H22N2O6/c1-2-14-35-28(34)18-9-7-10-19(15-18)30-24(20-11-5-6-13-29-20)23(26(32)27(30)33)25(31)22-16-17-8-3-4-12-21(17)36-22/h3-13,15-16,24,32H,2,14H2,1H3. The number of rotatable bonds is 7. The number of Topliss-reactive ketones (excluding diaryl/α,β-unsaturated/α-hetero) is 1. The van der Waals surface area contributed by atoms with E-state index in [4.69, 9.17) is 9.15 Å². The van der Waals surface area contributed by atoms with Gasteiger partial charge in [0.25, 0.3) is 5.91 Å². The number of benzene rings is 2. The molecule has 5 rings (SSSR count). The summed E-state index contributed by atoms with van der Waals surface area (Å²) in [7, 11) is 0. The molecule has 36 heavy (non-hydrogen) atoms. The topological polar surface area (TPSA) is 110 Å². The summed E-state index contributed by atoms with van der Waals surface area (Å²) in [5, 5.41) is 11.6. The number of anilines is 1. The van der Waals surface area contributed by atoms with E-state index < -0.39 is 29.5 Å². The molecule has 0 saturated heterocycles. The summed E-state index contributed by atoms with van der Waals surface area (Å²) in [6.45, 7) is 2.15. The second-order valence-corrected chi connectivity index (χ2v) is 8.26. The number of hydrogen-bond acceptors (Lipinski definition) is 7. The first-order valence-corrected chi connectivity index (χ1v) is 11.5. The quantitative estimate of drug-likeness (QED) is 0.286. The second kappa shape index (κ2) is 9.50. The number of ketones is 1. The molecule has 1 N–H and O–H groups in total. The van der Waals surface area contributed by atoms with Crippen molar-refractivity contribution in [3.8, 4) is 0 Å². The average molecular weight is 482 g/mol. The monoisotopic (exact) mass is 482 g/mol. The van der Waals surface area contributed by atoms with Crippen LogP contribution in [0, 0.1) is 0 Å². The van der Waals surface area contributed by atoms with Crippen LogP contribution in [0.5, 0.6) is 0 Å². The van der Waals surface area contributed by atoms with Gasteiger partial charge in [-0.2, -0.15) is 0 Å². The lowest BCUT2D eigenvalue weighted by atomic mass is 9.98. The number of nitrogens with zero attached hydrogens (tertiary/aromatic N) is 2. The molecular formula is C28H22N2O6. The summed E-state index contributed by atoms with van der Waals surface area (Å²) >= 11 is 0. The lowest BCUT2D eigenvalue weighted by Crippen LogP contribution is -2.31. The van der Waals surface area contributed by atoms with Gasteiger partial charge in [0.15, 0.2) is 11.5 Å². The minimum atomic E-state index is -1.04. The highest BCUT2D eigenvalue weighted by atomic mass is 16.5. The Morgan fingerprint density at radius 2 is 1.86 bits per heavy atom. The first kappa shape index (κ1) is 23.0. The summed E-state index contributed by atoms with van der Waals surface area (Å²) in [4.78, 5) is 45.0. The molecule has 2 aromatic heterocycles. The van der Waals surface area contributed by atoms with Crippen LogP contribution in [0.4, 0.5) is 5.69 Å². The van der Waals surface area contributed by atoms with Crippen LogP contribution in [0.3, 0.4) is 0 Å². The zero-order valence-electron chi connectivity index (χ0n) is 19.4. The van der Waals surface area contributed by atoms with Crippen LogP contribution in [-0.2, 0) is 9.53 Å². The molecule has 0 aliphatic carbocycles. The largest absolute Gasteiger partial charge is 0.503 e. The van der Waals surface area contributed by atoms with Gasteiger partial charge in [0.1, 0.15) is 11.6 Å². The van der Waals surface area contributed by atoms with Gasteiger partial charge >= 0.3 is 5.97 Å². The van der Waals surface area contributed by atoms with E-state index in [0.29, 0.717) is 23.4 Å². The molecule has 1 amide bonds. The summed E-state index contributed by atoms with van der Waals surface area (Å²) in [5.74, 6) is -2.66. The summed E-state index contributed by atoms with van der Waals surface area (Å²) in [6.07, 6.45) is 2.21. The van der Waals surface area contributed by atoms with E-state index in [1.165, 1.54) is 17.2 Å². The molecule has 0 bridgehead atoms. The molecule has 0 spiro atoms. The number of aromatic nitrogens is 1. The highest BCUT2D eigenvalue weighted by Gasteiger charge is 2.46. The number of furan rings is 1. The number of esters is 1. The van der Waals surface area contributed by atoms with Gasteiger partial charge < -0.3 is 14.3 Å². The molecular weight excluding hydrogens is 460 g/mol. The van der Waals surface area contributed by atoms with Crippen molar-refractivity contribution in [1.82, 2.24) is 4.98 Å². The number of fused-ring (bicyclic) bond motifs is 1. The van der Waals surface area contributed by atoms with E-state index in [-0.39, 0.29) is 23.5 Å². The van der Waals surface area contributed by atoms with Gasteiger partial charge in [0, 0.05) is 17.3 Å². The number of hydrogen-bond donors (Lipinski definition) is 1. The predicted octanol–water partition coefficient (Wildman–Crippen LogP) is 5.18. The Morgan fingerprint density at radius 1 is 1.06 bits per heavy atom. The van der Waals surface area contributed by atoms with Crippen molar-refractivity contribution in [2.45, 2.75) is 19.4 Å². The van der Waals surface area contributed by atoms with E-state index in [1.54, 1.807) is 60.7 Å². The molecule has 0 fully saturated rings. The molecule has 2 aromatic carbocycles. The number of pyridine rings is 1. The van der Waals surface area contributed by atoms with Crippen molar-refractivity contribution in [1.29, 1.82) is 0 Å². The van der Waals surface area contributed by atoms with Crippen molar-refractivity contribution >= 4 is 34.3 Å². The maximum absolute atomic E-state index is 13.6. The van der Waals surface area contributed by atoms with E-state index >= 15 is 0 Å².